The van der Waals surface area contributed by atoms with Crippen LogP contribution in [0.3, 0.4) is 0 Å². The summed E-state index contributed by atoms with van der Waals surface area (Å²) < 4.78 is 6.49. The minimum Gasteiger partial charge on any atom is -0.394 e. The van der Waals surface area contributed by atoms with E-state index in [1.54, 1.807) is 6.20 Å². The molecule has 22 heavy (non-hydrogen) atoms. The van der Waals surface area contributed by atoms with Crippen LogP contribution in [0.5, 0.6) is 0 Å². The van der Waals surface area contributed by atoms with Gasteiger partial charge in [-0.3, -0.25) is 4.57 Å². The minimum atomic E-state index is -1.72. The van der Waals surface area contributed by atoms with E-state index in [-0.39, 0.29) is 5.15 Å². The van der Waals surface area contributed by atoms with Crippen LogP contribution >= 0.6 is 50.1 Å². The quantitative estimate of drug-likeness (QED) is 0.323. The first-order valence-corrected chi connectivity index (χ1v) is 8.54. The van der Waals surface area contributed by atoms with Crippen LogP contribution in [0.1, 0.15) is 6.92 Å². The molecule has 7 nitrogen and oxygen atoms in total. The molecule has 0 aliphatic carbocycles. The van der Waals surface area contributed by atoms with Crippen LogP contribution in [0.4, 0.5) is 0 Å². The Morgan fingerprint density at radius 1 is 1.55 bits per heavy atom. The Labute approximate surface area is 152 Å². The van der Waals surface area contributed by atoms with E-state index in [1.807, 2.05) is 0 Å². The molecule has 0 bridgehead atoms. The second kappa shape index (κ2) is 5.50. The van der Waals surface area contributed by atoms with Crippen molar-refractivity contribution >= 4 is 61.2 Å². The fraction of sp³-hybridized carbons (Fsp3) is 0.500. The number of fused-ring (bicyclic) bond motifs is 1. The molecule has 2 aromatic heterocycles. The van der Waals surface area contributed by atoms with Crippen molar-refractivity contribution in [3.8, 4) is 0 Å². The molecule has 1 saturated heterocycles. The normalized spacial score (nSPS) is 35.4. The van der Waals surface area contributed by atoms with E-state index in [0.29, 0.717) is 11.0 Å². The van der Waals surface area contributed by atoms with Gasteiger partial charge in [0.25, 0.3) is 0 Å². The Balaban J connectivity index is 2.25. The lowest BCUT2D eigenvalue weighted by molar-refractivity contribution is -0.116. The van der Waals surface area contributed by atoms with Gasteiger partial charge in [0.05, 0.1) is 12.0 Å². The van der Waals surface area contributed by atoms with Crippen molar-refractivity contribution < 1.29 is 20.1 Å². The summed E-state index contributed by atoms with van der Waals surface area (Å²) in [4.78, 5) is 8.13. The maximum Gasteiger partial charge on any atom is 0.235 e. The average Bonchev–Trinajstić information content (AvgIpc) is 2.89. The molecule has 1 fully saturated rings. The van der Waals surface area contributed by atoms with Gasteiger partial charge in [-0.15, -0.1) is 0 Å². The van der Waals surface area contributed by atoms with Crippen molar-refractivity contribution in [1.29, 1.82) is 0 Å². The molecular formula is C12H12BrClIN3O4. The highest BCUT2D eigenvalue weighted by Crippen LogP contribution is 2.49. The standard InChI is InChI=1S/C12H12BrClIN3O4/c1-11(21)8(20)6(3-19)22-12(11,13)18-2-5(15)7-9(14)16-4-17-10(7)18/h2,4,6,8,19-21H,3H2,1H3/t6-,8-,11-,12+/m1/s1. The molecular weight excluding hydrogens is 492 g/mol. The summed E-state index contributed by atoms with van der Waals surface area (Å²) >= 11 is 11.5. The van der Waals surface area contributed by atoms with Crippen LogP contribution in [0.25, 0.3) is 11.0 Å². The van der Waals surface area contributed by atoms with Crippen molar-refractivity contribution in [2.45, 2.75) is 29.4 Å². The molecule has 2 aromatic rings. The number of alkyl halides is 1. The molecule has 0 spiro atoms. The zero-order valence-electron chi connectivity index (χ0n) is 11.2. The van der Waals surface area contributed by atoms with Crippen molar-refractivity contribution in [2.75, 3.05) is 6.61 Å². The van der Waals surface area contributed by atoms with Crippen LogP contribution in [0.2, 0.25) is 5.15 Å². The van der Waals surface area contributed by atoms with E-state index in [0.717, 1.165) is 3.57 Å². The number of hydrogen-bond acceptors (Lipinski definition) is 6. The Kier molecular flexibility index (Phi) is 4.20. The second-order valence-electron chi connectivity index (χ2n) is 5.20. The largest absolute Gasteiger partial charge is 0.394 e. The summed E-state index contributed by atoms with van der Waals surface area (Å²) in [6.07, 6.45) is 0.754. The molecule has 0 saturated carbocycles. The van der Waals surface area contributed by atoms with Crippen molar-refractivity contribution in [3.63, 3.8) is 0 Å². The number of halogens is 3. The van der Waals surface area contributed by atoms with Gasteiger partial charge in [-0.25, -0.2) is 9.97 Å². The summed E-state index contributed by atoms with van der Waals surface area (Å²) in [5, 5.41) is 31.2. The van der Waals surface area contributed by atoms with Gasteiger partial charge in [0.15, 0.2) is 0 Å². The highest BCUT2D eigenvalue weighted by molar-refractivity contribution is 14.1. The van der Waals surface area contributed by atoms with Gasteiger partial charge in [0.1, 0.15) is 34.9 Å². The molecule has 3 rings (SSSR count). The fourth-order valence-electron chi connectivity index (χ4n) is 2.57. The van der Waals surface area contributed by atoms with E-state index >= 15 is 0 Å². The number of aliphatic hydroxyl groups excluding tert-OH is 2. The van der Waals surface area contributed by atoms with Crippen molar-refractivity contribution in [2.24, 2.45) is 0 Å². The molecule has 1 aliphatic heterocycles. The maximum atomic E-state index is 10.7. The highest BCUT2D eigenvalue weighted by Gasteiger charge is 2.63. The summed E-state index contributed by atoms with van der Waals surface area (Å²) in [5.74, 6) is 0. The lowest BCUT2D eigenvalue weighted by atomic mass is 9.96. The zero-order chi connectivity index (χ0) is 16.3. The Hall–Kier alpha value is -0.0400. The SMILES string of the molecule is C[C@@]1(O)[C@H](O)[C@@H](CO)O[C@@]1(Br)n1cc(I)c2c(Cl)ncnc21. The zero-order valence-corrected chi connectivity index (χ0v) is 15.7. The number of rotatable bonds is 2. The minimum absolute atomic E-state index is 0.279. The number of ether oxygens (including phenoxy) is 1. The lowest BCUT2D eigenvalue weighted by Crippen LogP contribution is -2.52. The average molecular weight is 505 g/mol. The first kappa shape index (κ1) is 16.8. The number of aromatic nitrogens is 3. The second-order valence-corrected chi connectivity index (χ2v) is 7.80. The molecule has 3 heterocycles. The summed E-state index contributed by atoms with van der Waals surface area (Å²) in [6, 6.07) is 0. The first-order valence-electron chi connectivity index (χ1n) is 6.29. The van der Waals surface area contributed by atoms with Crippen molar-refractivity contribution in [1.82, 2.24) is 14.5 Å². The van der Waals surface area contributed by atoms with Gasteiger partial charge in [-0.2, -0.15) is 0 Å². The van der Waals surface area contributed by atoms with Gasteiger partial charge < -0.3 is 20.1 Å². The van der Waals surface area contributed by atoms with Crippen LogP contribution < -0.4 is 0 Å². The molecule has 10 heteroatoms. The Morgan fingerprint density at radius 3 is 2.82 bits per heavy atom. The topological polar surface area (TPSA) is 101 Å². The van der Waals surface area contributed by atoms with Gasteiger partial charge >= 0.3 is 0 Å². The maximum absolute atomic E-state index is 10.7. The molecule has 0 radical (unpaired) electrons. The van der Waals surface area contributed by atoms with E-state index < -0.39 is 29.1 Å². The third-order valence-electron chi connectivity index (χ3n) is 3.84. The summed E-state index contributed by atoms with van der Waals surface area (Å²) in [5.41, 5.74) is -1.28. The predicted octanol–water partition coefficient (Wildman–Crippen LogP) is 1.20. The van der Waals surface area contributed by atoms with Crippen molar-refractivity contribution in [3.05, 3.63) is 21.2 Å². The predicted molar refractivity (Wildman–Crippen MR) is 90.7 cm³/mol. The third-order valence-corrected chi connectivity index (χ3v) is 6.32. The number of aliphatic hydroxyl groups is 3. The lowest BCUT2D eigenvalue weighted by Gasteiger charge is -2.35. The van der Waals surface area contributed by atoms with Crippen LogP contribution in [0, 0.1) is 3.57 Å². The first-order chi connectivity index (χ1) is 10.2. The molecule has 0 unspecified atom stereocenters. The molecule has 0 aromatic carbocycles. The summed E-state index contributed by atoms with van der Waals surface area (Å²) in [7, 11) is 0. The number of nitrogens with zero attached hydrogens (tertiary/aromatic N) is 3. The van der Waals surface area contributed by atoms with Crippen LogP contribution in [0.15, 0.2) is 12.5 Å². The van der Waals surface area contributed by atoms with Crippen LogP contribution in [-0.4, -0.2) is 54.3 Å². The fourth-order valence-corrected chi connectivity index (χ4v) is 4.48. The van der Waals surface area contributed by atoms with E-state index in [4.69, 9.17) is 16.3 Å². The van der Waals surface area contributed by atoms with Crippen LogP contribution in [-0.2, 0) is 9.37 Å². The molecule has 0 amide bonds. The number of hydrogen-bond donors (Lipinski definition) is 3. The van der Waals surface area contributed by atoms with Gasteiger partial charge in [0, 0.05) is 9.77 Å². The van der Waals surface area contributed by atoms with Gasteiger partial charge in [-0.05, 0) is 45.4 Å². The Morgan fingerprint density at radius 2 is 2.23 bits per heavy atom. The summed E-state index contributed by atoms with van der Waals surface area (Å²) in [6.45, 7) is 0.986. The smallest absolute Gasteiger partial charge is 0.235 e. The molecule has 3 N–H and O–H groups in total. The molecule has 1 aliphatic rings. The molecule has 120 valence electrons. The van der Waals surface area contributed by atoms with E-state index in [1.165, 1.54) is 17.8 Å². The Bertz CT molecular complexity index is 742. The third kappa shape index (κ3) is 2.14. The van der Waals surface area contributed by atoms with E-state index in [2.05, 4.69) is 48.5 Å². The molecule has 4 atom stereocenters. The van der Waals surface area contributed by atoms with E-state index in [9.17, 15) is 15.3 Å². The van der Waals surface area contributed by atoms with Gasteiger partial charge in [0.2, 0.25) is 4.63 Å². The van der Waals surface area contributed by atoms with Gasteiger partial charge in [-0.1, -0.05) is 11.6 Å². The monoisotopic (exact) mass is 503 g/mol. The highest BCUT2D eigenvalue weighted by atomic mass is 127.